The summed E-state index contributed by atoms with van der Waals surface area (Å²) in [5.41, 5.74) is 0.849. The van der Waals surface area contributed by atoms with E-state index >= 15 is 0 Å². The van der Waals surface area contributed by atoms with Gasteiger partial charge in [0.15, 0.2) is 0 Å². The molecule has 1 amide bonds. The third-order valence-electron chi connectivity index (χ3n) is 3.07. The molecule has 6 heteroatoms. The van der Waals surface area contributed by atoms with Gasteiger partial charge in [-0.2, -0.15) is 0 Å². The molecule has 20 heavy (non-hydrogen) atoms. The van der Waals surface area contributed by atoms with Crippen LogP contribution in [0.2, 0.25) is 0 Å². The van der Waals surface area contributed by atoms with Crippen molar-refractivity contribution in [1.29, 1.82) is 0 Å². The molecule has 0 heterocycles. The number of amides is 1. The van der Waals surface area contributed by atoms with Crippen LogP contribution in [0.25, 0.3) is 0 Å². The fourth-order valence-corrected chi connectivity index (χ4v) is 2.71. The standard InChI is InChI=1S/C14H22N2O3S/c1-3-4-5-6-9-16-14(17)12-8-7-11(2)13(10-12)20(15,18)19/h7-8,10H,3-6,9H2,1-2H3,(H,16,17)(H2,15,18,19). The molecule has 112 valence electrons. The van der Waals surface area contributed by atoms with Crippen LogP contribution in [0.5, 0.6) is 0 Å². The number of benzene rings is 1. The van der Waals surface area contributed by atoms with Crippen molar-refractivity contribution >= 4 is 15.9 Å². The van der Waals surface area contributed by atoms with Gasteiger partial charge < -0.3 is 5.32 Å². The molecule has 5 nitrogen and oxygen atoms in total. The molecular formula is C14H22N2O3S. The molecule has 1 aromatic carbocycles. The zero-order valence-electron chi connectivity index (χ0n) is 12.0. The molecule has 1 rings (SSSR count). The zero-order chi connectivity index (χ0) is 15.2. The molecule has 0 aliphatic rings. The normalized spacial score (nSPS) is 11.3. The Balaban J connectivity index is 2.70. The quantitative estimate of drug-likeness (QED) is 0.754. The summed E-state index contributed by atoms with van der Waals surface area (Å²) in [6.07, 6.45) is 4.29. The number of carbonyl (C=O) groups excluding carboxylic acids is 1. The summed E-state index contributed by atoms with van der Waals surface area (Å²) in [5.74, 6) is -0.272. The fraction of sp³-hybridized carbons (Fsp3) is 0.500. The number of aryl methyl sites for hydroxylation is 1. The Morgan fingerprint density at radius 3 is 2.55 bits per heavy atom. The molecule has 0 saturated heterocycles. The summed E-state index contributed by atoms with van der Waals surface area (Å²) in [5, 5.41) is 7.90. The van der Waals surface area contributed by atoms with E-state index in [1.807, 2.05) is 0 Å². The van der Waals surface area contributed by atoms with Gasteiger partial charge in [-0.05, 0) is 31.0 Å². The number of carbonyl (C=O) groups is 1. The molecule has 0 aliphatic heterocycles. The van der Waals surface area contributed by atoms with Crippen LogP contribution in [-0.2, 0) is 10.0 Å². The van der Waals surface area contributed by atoms with E-state index in [9.17, 15) is 13.2 Å². The Morgan fingerprint density at radius 1 is 1.25 bits per heavy atom. The third-order valence-corrected chi connectivity index (χ3v) is 4.13. The van der Waals surface area contributed by atoms with E-state index in [0.29, 0.717) is 17.7 Å². The first-order chi connectivity index (χ1) is 9.36. The van der Waals surface area contributed by atoms with E-state index in [1.165, 1.54) is 6.07 Å². The van der Waals surface area contributed by atoms with E-state index in [4.69, 9.17) is 5.14 Å². The number of hydrogen-bond acceptors (Lipinski definition) is 3. The van der Waals surface area contributed by atoms with Crippen LogP contribution in [-0.4, -0.2) is 20.9 Å². The Labute approximate surface area is 120 Å². The predicted molar refractivity (Wildman–Crippen MR) is 79.0 cm³/mol. The molecular weight excluding hydrogens is 276 g/mol. The summed E-state index contributed by atoms with van der Waals surface area (Å²) in [4.78, 5) is 11.9. The average molecular weight is 298 g/mol. The van der Waals surface area contributed by atoms with Crippen LogP contribution in [0.1, 0.15) is 48.5 Å². The van der Waals surface area contributed by atoms with Crippen LogP contribution in [0, 0.1) is 6.92 Å². The minimum atomic E-state index is -3.80. The van der Waals surface area contributed by atoms with Gasteiger partial charge in [0.25, 0.3) is 5.91 Å². The Bertz CT molecular complexity index is 568. The zero-order valence-corrected chi connectivity index (χ0v) is 12.8. The monoisotopic (exact) mass is 298 g/mol. The molecule has 0 aliphatic carbocycles. The fourth-order valence-electron chi connectivity index (χ4n) is 1.90. The molecule has 0 saturated carbocycles. The van der Waals surface area contributed by atoms with Crippen molar-refractivity contribution in [2.75, 3.05) is 6.54 Å². The maximum Gasteiger partial charge on any atom is 0.251 e. The third kappa shape index (κ3) is 4.94. The Kier molecular flexibility index (Phi) is 6.16. The van der Waals surface area contributed by atoms with Crippen molar-refractivity contribution < 1.29 is 13.2 Å². The average Bonchev–Trinajstić information content (AvgIpc) is 2.37. The van der Waals surface area contributed by atoms with Gasteiger partial charge in [-0.25, -0.2) is 13.6 Å². The lowest BCUT2D eigenvalue weighted by atomic mass is 10.1. The highest BCUT2D eigenvalue weighted by Crippen LogP contribution is 2.15. The summed E-state index contributed by atoms with van der Waals surface area (Å²) in [6, 6.07) is 4.52. The van der Waals surface area contributed by atoms with Gasteiger partial charge in [-0.3, -0.25) is 4.79 Å². The summed E-state index contributed by atoms with van der Waals surface area (Å²) in [7, 11) is -3.80. The smallest absolute Gasteiger partial charge is 0.251 e. The lowest BCUT2D eigenvalue weighted by Crippen LogP contribution is -2.25. The molecule has 0 fully saturated rings. The van der Waals surface area contributed by atoms with Gasteiger partial charge in [0.2, 0.25) is 10.0 Å². The van der Waals surface area contributed by atoms with Gasteiger partial charge in [0.1, 0.15) is 0 Å². The second kappa shape index (κ2) is 7.40. The molecule has 0 unspecified atom stereocenters. The highest BCUT2D eigenvalue weighted by Gasteiger charge is 2.14. The van der Waals surface area contributed by atoms with Crippen LogP contribution < -0.4 is 10.5 Å². The molecule has 0 atom stereocenters. The van der Waals surface area contributed by atoms with Crippen molar-refractivity contribution in [1.82, 2.24) is 5.32 Å². The van der Waals surface area contributed by atoms with Crippen LogP contribution in [0.3, 0.4) is 0 Å². The summed E-state index contributed by atoms with van der Waals surface area (Å²) < 4.78 is 22.8. The number of hydrogen-bond donors (Lipinski definition) is 2. The van der Waals surface area contributed by atoms with E-state index in [1.54, 1.807) is 19.1 Å². The van der Waals surface area contributed by atoms with Gasteiger partial charge in [0, 0.05) is 12.1 Å². The minimum Gasteiger partial charge on any atom is -0.352 e. The van der Waals surface area contributed by atoms with Gasteiger partial charge in [-0.1, -0.05) is 32.3 Å². The number of primary sulfonamides is 1. The van der Waals surface area contributed by atoms with Crippen LogP contribution in [0.15, 0.2) is 23.1 Å². The number of sulfonamides is 1. The first-order valence-electron chi connectivity index (χ1n) is 6.78. The number of unbranched alkanes of at least 4 members (excludes halogenated alkanes) is 3. The molecule has 0 spiro atoms. The van der Waals surface area contributed by atoms with E-state index in [2.05, 4.69) is 12.2 Å². The van der Waals surface area contributed by atoms with E-state index < -0.39 is 10.0 Å². The number of nitrogens with two attached hydrogens (primary N) is 1. The lowest BCUT2D eigenvalue weighted by molar-refractivity contribution is 0.0952. The van der Waals surface area contributed by atoms with Crippen LogP contribution >= 0.6 is 0 Å². The lowest BCUT2D eigenvalue weighted by Gasteiger charge is -2.08. The second-order valence-electron chi connectivity index (χ2n) is 4.84. The largest absolute Gasteiger partial charge is 0.352 e. The van der Waals surface area contributed by atoms with Crippen molar-refractivity contribution in [3.63, 3.8) is 0 Å². The topological polar surface area (TPSA) is 89.3 Å². The second-order valence-corrected chi connectivity index (χ2v) is 6.37. The van der Waals surface area contributed by atoms with E-state index in [-0.39, 0.29) is 10.8 Å². The van der Waals surface area contributed by atoms with Gasteiger partial charge in [-0.15, -0.1) is 0 Å². The molecule has 0 radical (unpaired) electrons. The Morgan fingerprint density at radius 2 is 1.95 bits per heavy atom. The molecule has 1 aromatic rings. The minimum absolute atomic E-state index is 0.00358. The first kappa shape index (κ1) is 16.7. The van der Waals surface area contributed by atoms with Crippen molar-refractivity contribution in [3.8, 4) is 0 Å². The summed E-state index contributed by atoms with van der Waals surface area (Å²) in [6.45, 7) is 4.36. The number of rotatable bonds is 7. The summed E-state index contributed by atoms with van der Waals surface area (Å²) >= 11 is 0. The van der Waals surface area contributed by atoms with Crippen LogP contribution in [0.4, 0.5) is 0 Å². The molecule has 3 N–H and O–H groups in total. The Hall–Kier alpha value is -1.40. The highest BCUT2D eigenvalue weighted by molar-refractivity contribution is 7.89. The van der Waals surface area contributed by atoms with Gasteiger partial charge in [0.05, 0.1) is 4.90 Å². The first-order valence-corrected chi connectivity index (χ1v) is 8.32. The maximum atomic E-state index is 11.9. The molecule has 0 bridgehead atoms. The van der Waals surface area contributed by atoms with E-state index in [0.717, 1.165) is 25.7 Å². The van der Waals surface area contributed by atoms with Crippen molar-refractivity contribution in [3.05, 3.63) is 29.3 Å². The van der Waals surface area contributed by atoms with Crippen molar-refractivity contribution in [2.24, 2.45) is 5.14 Å². The maximum absolute atomic E-state index is 11.9. The number of nitrogens with one attached hydrogen (secondary N) is 1. The molecule has 0 aromatic heterocycles. The van der Waals surface area contributed by atoms with Gasteiger partial charge >= 0.3 is 0 Å². The van der Waals surface area contributed by atoms with Crippen molar-refractivity contribution in [2.45, 2.75) is 44.4 Å². The SMILES string of the molecule is CCCCCCNC(=O)c1ccc(C)c(S(N)(=O)=O)c1. The predicted octanol–water partition coefficient (Wildman–Crippen LogP) is 1.95. The highest BCUT2D eigenvalue weighted by atomic mass is 32.2.